The fourth-order valence-corrected chi connectivity index (χ4v) is 3.89. The maximum Gasteiger partial charge on any atom is 0.326 e. The molecule has 0 spiro atoms. The highest BCUT2D eigenvalue weighted by atomic mass is 16.4. The normalized spacial score (nSPS) is 14.7. The third-order valence-electron chi connectivity index (χ3n) is 6.05. The molecule has 0 radical (unpaired) electrons. The number of nitrogens with two attached hydrogens (primary N) is 1. The summed E-state index contributed by atoms with van der Waals surface area (Å²) in [5.74, 6) is -2.97. The van der Waals surface area contributed by atoms with Crippen molar-refractivity contribution in [2.24, 2.45) is 17.6 Å². The lowest BCUT2D eigenvalue weighted by Gasteiger charge is -2.28. The Hall–Kier alpha value is -3.40. The molecular formula is C25H37N5O5. The summed E-state index contributed by atoms with van der Waals surface area (Å²) in [7, 11) is 0. The fraction of sp³-hybridized carbons (Fsp3) is 0.520. The van der Waals surface area contributed by atoms with Gasteiger partial charge in [-0.1, -0.05) is 52.3 Å². The Balaban J connectivity index is 2.25. The predicted octanol–water partition coefficient (Wildman–Crippen LogP) is 1.30. The first kappa shape index (κ1) is 27.8. The molecule has 2 aromatic rings. The minimum atomic E-state index is -1.13. The molecule has 3 amide bonds. The molecule has 4 atom stereocenters. The van der Waals surface area contributed by atoms with E-state index in [4.69, 9.17) is 5.73 Å². The van der Waals surface area contributed by atoms with Gasteiger partial charge in [0.15, 0.2) is 0 Å². The van der Waals surface area contributed by atoms with E-state index in [1.807, 2.05) is 45.0 Å². The maximum atomic E-state index is 13.3. The van der Waals surface area contributed by atoms with Gasteiger partial charge in [-0.15, -0.1) is 0 Å². The fourth-order valence-electron chi connectivity index (χ4n) is 3.89. The molecule has 4 unspecified atom stereocenters. The quantitative estimate of drug-likeness (QED) is 0.249. The number of nitrogens with one attached hydrogen (secondary N) is 4. The summed E-state index contributed by atoms with van der Waals surface area (Å²) in [4.78, 5) is 53.2. The number of rotatable bonds is 13. The van der Waals surface area contributed by atoms with E-state index in [2.05, 4.69) is 20.9 Å². The van der Waals surface area contributed by atoms with Gasteiger partial charge in [0.1, 0.15) is 18.1 Å². The number of amides is 3. The van der Waals surface area contributed by atoms with Crippen molar-refractivity contribution in [3.8, 4) is 0 Å². The van der Waals surface area contributed by atoms with Gasteiger partial charge in [-0.2, -0.15) is 0 Å². The van der Waals surface area contributed by atoms with Crippen LogP contribution in [0.3, 0.4) is 0 Å². The molecule has 0 aliphatic carbocycles. The number of aromatic nitrogens is 1. The number of hydrogen-bond donors (Lipinski definition) is 6. The summed E-state index contributed by atoms with van der Waals surface area (Å²) >= 11 is 0. The van der Waals surface area contributed by atoms with Crippen LogP contribution in [0.2, 0.25) is 0 Å². The third-order valence-corrected chi connectivity index (χ3v) is 6.05. The summed E-state index contributed by atoms with van der Waals surface area (Å²) in [5, 5.41) is 18.4. The molecule has 0 fully saturated rings. The van der Waals surface area contributed by atoms with Crippen LogP contribution in [0, 0.1) is 11.8 Å². The van der Waals surface area contributed by atoms with E-state index in [0.29, 0.717) is 6.42 Å². The molecule has 10 heteroatoms. The molecule has 10 nitrogen and oxygen atoms in total. The highest BCUT2D eigenvalue weighted by Gasteiger charge is 2.32. The van der Waals surface area contributed by atoms with Gasteiger partial charge in [-0.3, -0.25) is 14.4 Å². The first-order valence-corrected chi connectivity index (χ1v) is 11.9. The number of carbonyl (C=O) groups is 4. The molecule has 35 heavy (non-hydrogen) atoms. The van der Waals surface area contributed by atoms with Crippen molar-refractivity contribution in [1.82, 2.24) is 20.9 Å². The maximum absolute atomic E-state index is 13.3. The lowest BCUT2D eigenvalue weighted by Crippen LogP contribution is -2.58. The molecular weight excluding hydrogens is 450 g/mol. The van der Waals surface area contributed by atoms with E-state index >= 15 is 0 Å². The number of hydrogen-bond acceptors (Lipinski definition) is 5. The Morgan fingerprint density at radius 3 is 2.29 bits per heavy atom. The Kier molecular flexibility index (Phi) is 10.3. The second-order valence-corrected chi connectivity index (χ2v) is 9.29. The molecule has 0 saturated heterocycles. The number of H-pyrrole nitrogens is 1. The Morgan fingerprint density at radius 2 is 1.69 bits per heavy atom. The zero-order chi connectivity index (χ0) is 26.1. The van der Waals surface area contributed by atoms with Crippen molar-refractivity contribution < 1.29 is 24.3 Å². The molecule has 1 heterocycles. The van der Waals surface area contributed by atoms with Crippen LogP contribution in [-0.2, 0) is 25.6 Å². The highest BCUT2D eigenvalue weighted by molar-refractivity contribution is 5.94. The molecule has 0 aliphatic rings. The van der Waals surface area contributed by atoms with Crippen LogP contribution in [0.5, 0.6) is 0 Å². The number of benzene rings is 1. The molecule has 1 aromatic carbocycles. The summed E-state index contributed by atoms with van der Waals surface area (Å²) in [5.41, 5.74) is 7.18. The van der Waals surface area contributed by atoms with Gasteiger partial charge >= 0.3 is 5.97 Å². The predicted molar refractivity (Wildman–Crippen MR) is 133 cm³/mol. The zero-order valence-electron chi connectivity index (χ0n) is 20.8. The van der Waals surface area contributed by atoms with Crippen LogP contribution in [0.15, 0.2) is 30.5 Å². The zero-order valence-corrected chi connectivity index (χ0v) is 20.8. The Bertz CT molecular complexity index is 1030. The second kappa shape index (κ2) is 12.9. The van der Waals surface area contributed by atoms with Crippen LogP contribution < -0.4 is 21.7 Å². The number of fused-ring (bicyclic) bond motifs is 1. The molecule has 1 aromatic heterocycles. The van der Waals surface area contributed by atoms with Crippen molar-refractivity contribution in [2.75, 3.05) is 6.54 Å². The molecule has 7 N–H and O–H groups in total. The van der Waals surface area contributed by atoms with Gasteiger partial charge in [-0.05, 0) is 29.9 Å². The average Bonchev–Trinajstić information content (AvgIpc) is 3.23. The number of aliphatic carboxylic acids is 1. The van der Waals surface area contributed by atoms with E-state index in [1.54, 1.807) is 13.1 Å². The number of para-hydroxylation sites is 1. The van der Waals surface area contributed by atoms with Crippen LogP contribution >= 0.6 is 0 Å². The molecule has 2 rings (SSSR count). The lowest BCUT2D eigenvalue weighted by molar-refractivity contribution is -0.143. The van der Waals surface area contributed by atoms with Crippen molar-refractivity contribution in [2.45, 2.75) is 65.1 Å². The summed E-state index contributed by atoms with van der Waals surface area (Å²) < 4.78 is 0. The SMILES string of the molecule is CCC(C)C(NC(=O)C(Cc1c[nH]c2ccccc12)NC(=O)CN)C(=O)NC(CC(C)C)C(=O)O. The van der Waals surface area contributed by atoms with Crippen molar-refractivity contribution >= 4 is 34.6 Å². The Labute approximate surface area is 205 Å². The standard InChI is InChI=1S/C25H37N5O5/c1-5-15(4)22(24(33)29-20(25(34)35)10-14(2)3)30-23(32)19(28-21(31)12-26)11-16-13-27-18-9-7-6-8-17(16)18/h6-9,13-15,19-20,22,27H,5,10-12,26H2,1-4H3,(H,28,31)(H,29,33)(H,30,32)(H,34,35). The van der Waals surface area contributed by atoms with Crippen molar-refractivity contribution in [3.05, 3.63) is 36.0 Å². The lowest BCUT2D eigenvalue weighted by atomic mass is 9.96. The monoisotopic (exact) mass is 487 g/mol. The van der Waals surface area contributed by atoms with Gasteiger partial charge in [0, 0.05) is 23.5 Å². The molecule has 192 valence electrons. The van der Waals surface area contributed by atoms with E-state index < -0.39 is 41.8 Å². The minimum Gasteiger partial charge on any atom is -0.480 e. The van der Waals surface area contributed by atoms with Crippen LogP contribution in [-0.4, -0.2) is 58.5 Å². The molecule has 0 bridgehead atoms. The summed E-state index contributed by atoms with van der Waals surface area (Å²) in [6, 6.07) is 4.58. The summed E-state index contributed by atoms with van der Waals surface area (Å²) in [6.45, 7) is 7.12. The first-order chi connectivity index (χ1) is 16.6. The van der Waals surface area contributed by atoms with E-state index in [1.165, 1.54) is 0 Å². The second-order valence-electron chi connectivity index (χ2n) is 9.29. The van der Waals surface area contributed by atoms with E-state index in [0.717, 1.165) is 16.5 Å². The Morgan fingerprint density at radius 1 is 1.00 bits per heavy atom. The van der Waals surface area contributed by atoms with E-state index in [-0.39, 0.29) is 31.2 Å². The van der Waals surface area contributed by atoms with Crippen LogP contribution in [0.25, 0.3) is 10.9 Å². The van der Waals surface area contributed by atoms with Crippen LogP contribution in [0.1, 0.15) is 46.1 Å². The number of aromatic amines is 1. The topological polar surface area (TPSA) is 166 Å². The van der Waals surface area contributed by atoms with E-state index in [9.17, 15) is 24.3 Å². The smallest absolute Gasteiger partial charge is 0.326 e. The number of carbonyl (C=O) groups excluding carboxylic acids is 3. The largest absolute Gasteiger partial charge is 0.480 e. The van der Waals surface area contributed by atoms with Gasteiger partial charge in [-0.25, -0.2) is 4.79 Å². The van der Waals surface area contributed by atoms with Crippen molar-refractivity contribution in [3.63, 3.8) is 0 Å². The molecule has 0 aliphatic heterocycles. The van der Waals surface area contributed by atoms with Crippen molar-refractivity contribution in [1.29, 1.82) is 0 Å². The summed E-state index contributed by atoms with van der Waals surface area (Å²) in [6.07, 6.45) is 2.80. The highest BCUT2D eigenvalue weighted by Crippen LogP contribution is 2.19. The van der Waals surface area contributed by atoms with Gasteiger partial charge in [0.25, 0.3) is 0 Å². The molecule has 0 saturated carbocycles. The van der Waals surface area contributed by atoms with Crippen LogP contribution in [0.4, 0.5) is 0 Å². The first-order valence-electron chi connectivity index (χ1n) is 11.9. The number of carboxylic acid groups (broad SMARTS) is 1. The third kappa shape index (κ3) is 7.81. The number of carboxylic acids is 1. The van der Waals surface area contributed by atoms with Gasteiger partial charge in [0.05, 0.1) is 6.54 Å². The minimum absolute atomic E-state index is 0.0556. The van der Waals surface area contributed by atoms with Gasteiger partial charge in [0.2, 0.25) is 17.7 Å². The van der Waals surface area contributed by atoms with Gasteiger partial charge < -0.3 is 31.8 Å². The average molecular weight is 488 g/mol.